The molecule has 0 unspecified atom stereocenters. The highest BCUT2D eigenvalue weighted by atomic mass is 19.4. The van der Waals surface area contributed by atoms with Crippen LogP contribution in [0.25, 0.3) is 11.2 Å². The number of halogens is 3. The van der Waals surface area contributed by atoms with Gasteiger partial charge in [-0.15, -0.1) is 0 Å². The van der Waals surface area contributed by atoms with E-state index in [-0.39, 0.29) is 5.41 Å². The Labute approximate surface area is 189 Å². The molecule has 4 aromatic rings. The van der Waals surface area contributed by atoms with Gasteiger partial charge in [0.2, 0.25) is 0 Å². The third kappa shape index (κ3) is 3.29. The maximum Gasteiger partial charge on any atom is 0.417 e. The number of benzene rings is 2. The predicted octanol–water partition coefficient (Wildman–Crippen LogP) is 6.53. The number of aromatic nitrogens is 3. The number of rotatable bonds is 3. The van der Waals surface area contributed by atoms with Crippen LogP contribution in [-0.4, -0.2) is 21.5 Å². The molecule has 3 heterocycles. The van der Waals surface area contributed by atoms with Crippen molar-refractivity contribution in [1.82, 2.24) is 15.0 Å². The van der Waals surface area contributed by atoms with Gasteiger partial charge in [-0.3, -0.25) is 0 Å². The molecule has 4 nitrogen and oxygen atoms in total. The van der Waals surface area contributed by atoms with E-state index >= 15 is 0 Å². The van der Waals surface area contributed by atoms with Crippen molar-refractivity contribution in [3.8, 4) is 0 Å². The second kappa shape index (κ2) is 7.33. The fourth-order valence-electron chi connectivity index (χ4n) is 5.25. The molecule has 33 heavy (non-hydrogen) atoms. The zero-order valence-corrected chi connectivity index (χ0v) is 18.0. The number of fused-ring (bicyclic) bond motifs is 2. The summed E-state index contributed by atoms with van der Waals surface area (Å²) in [5.74, 6) is 0.714. The minimum Gasteiger partial charge on any atom is -0.341 e. The molecule has 6 rings (SSSR count). The molecule has 1 aliphatic heterocycles. The molecule has 0 bridgehead atoms. The number of hydrogen-bond donors (Lipinski definition) is 1. The van der Waals surface area contributed by atoms with E-state index in [1.165, 1.54) is 22.5 Å². The Morgan fingerprint density at radius 3 is 2.52 bits per heavy atom. The third-order valence-corrected chi connectivity index (χ3v) is 7.14. The Balaban J connectivity index is 1.40. The number of aromatic amines is 1. The van der Waals surface area contributed by atoms with Gasteiger partial charge < -0.3 is 9.88 Å². The van der Waals surface area contributed by atoms with Crippen molar-refractivity contribution in [2.75, 3.05) is 11.4 Å². The predicted molar refractivity (Wildman–Crippen MR) is 122 cm³/mol. The summed E-state index contributed by atoms with van der Waals surface area (Å²) >= 11 is 0. The van der Waals surface area contributed by atoms with Crippen LogP contribution >= 0.6 is 0 Å². The molecule has 0 spiro atoms. The van der Waals surface area contributed by atoms with E-state index < -0.39 is 11.7 Å². The van der Waals surface area contributed by atoms with Crippen LogP contribution in [0.1, 0.15) is 48.2 Å². The smallest absolute Gasteiger partial charge is 0.341 e. The van der Waals surface area contributed by atoms with E-state index in [2.05, 4.69) is 62.3 Å². The summed E-state index contributed by atoms with van der Waals surface area (Å²) in [5, 5.41) is 0. The van der Waals surface area contributed by atoms with Crippen molar-refractivity contribution < 1.29 is 13.2 Å². The Kier molecular flexibility index (Phi) is 4.50. The van der Waals surface area contributed by atoms with Crippen molar-refractivity contribution in [1.29, 1.82) is 0 Å². The summed E-state index contributed by atoms with van der Waals surface area (Å²) in [6.07, 6.45) is 1.42. The normalized spacial score (nSPS) is 17.6. The summed E-state index contributed by atoms with van der Waals surface area (Å²) in [6, 6.07) is 18.2. The Bertz CT molecular complexity index is 1320. The van der Waals surface area contributed by atoms with Gasteiger partial charge in [-0.1, -0.05) is 36.8 Å². The maximum absolute atomic E-state index is 13.1. The highest BCUT2D eigenvalue weighted by Gasteiger charge is 2.44. The van der Waals surface area contributed by atoms with Gasteiger partial charge in [-0.2, -0.15) is 13.2 Å². The number of hydrogen-bond acceptors (Lipinski definition) is 3. The lowest BCUT2D eigenvalue weighted by molar-refractivity contribution is -0.137. The van der Waals surface area contributed by atoms with E-state index in [4.69, 9.17) is 0 Å². The average molecular weight is 448 g/mol. The minimum absolute atomic E-state index is 0.302. The summed E-state index contributed by atoms with van der Waals surface area (Å²) in [4.78, 5) is 14.2. The van der Waals surface area contributed by atoms with Crippen LogP contribution in [-0.2, 0) is 18.0 Å². The Morgan fingerprint density at radius 2 is 1.79 bits per heavy atom. The molecule has 0 radical (unpaired) electrons. The van der Waals surface area contributed by atoms with Crippen molar-refractivity contribution in [3.63, 3.8) is 0 Å². The summed E-state index contributed by atoms with van der Waals surface area (Å²) in [6.45, 7) is 0.984. The van der Waals surface area contributed by atoms with Gasteiger partial charge in [-0.05, 0) is 61.1 Å². The quantitative estimate of drug-likeness (QED) is 0.388. The number of pyridine rings is 1. The van der Waals surface area contributed by atoms with Crippen LogP contribution in [0.5, 0.6) is 0 Å². The molecule has 1 fully saturated rings. The van der Waals surface area contributed by atoms with Gasteiger partial charge in [0.1, 0.15) is 5.82 Å². The number of nitrogens with one attached hydrogen (secondary N) is 1. The summed E-state index contributed by atoms with van der Waals surface area (Å²) in [5.41, 5.74) is 4.50. The van der Waals surface area contributed by atoms with E-state index in [9.17, 15) is 13.2 Å². The summed E-state index contributed by atoms with van der Waals surface area (Å²) in [7, 11) is 0. The molecular weight excluding hydrogens is 425 g/mol. The molecule has 2 aromatic heterocycles. The lowest BCUT2D eigenvalue weighted by Crippen LogP contribution is -2.37. The average Bonchev–Trinajstić information content (AvgIpc) is 3.21. The molecule has 1 N–H and O–H groups in total. The number of anilines is 2. The molecule has 1 saturated carbocycles. The zero-order valence-electron chi connectivity index (χ0n) is 18.0. The van der Waals surface area contributed by atoms with Crippen LogP contribution in [0.3, 0.4) is 0 Å². The van der Waals surface area contributed by atoms with Gasteiger partial charge in [0.05, 0.1) is 16.5 Å². The van der Waals surface area contributed by atoms with E-state index in [1.54, 1.807) is 0 Å². The van der Waals surface area contributed by atoms with Crippen LogP contribution in [0, 0.1) is 0 Å². The standard InChI is InChI=1S/C26H23F3N4/c27-26(28,29)19-15-21-23(30-16-19)32-24(31-21)25(11-5-12-25)18-9-10-22-17(14-18)6-4-13-33(22)20-7-2-1-3-8-20/h1-3,7-10,14-16H,4-6,11-13H2,(H,30,31,32). The van der Waals surface area contributed by atoms with Gasteiger partial charge in [0, 0.05) is 24.1 Å². The second-order valence-electron chi connectivity index (χ2n) is 9.05. The lowest BCUT2D eigenvalue weighted by Gasteiger charge is -2.42. The first-order valence-corrected chi connectivity index (χ1v) is 11.3. The minimum atomic E-state index is -4.43. The second-order valence-corrected chi connectivity index (χ2v) is 9.05. The van der Waals surface area contributed by atoms with Gasteiger partial charge in [0.25, 0.3) is 0 Å². The molecule has 0 amide bonds. The SMILES string of the molecule is FC(F)(F)c1cnc2nc(C3(c4ccc5c(c4)CCCN5c4ccccc4)CCC3)[nH]c2c1. The van der Waals surface area contributed by atoms with Crippen LogP contribution in [0.4, 0.5) is 24.5 Å². The third-order valence-electron chi connectivity index (χ3n) is 7.14. The lowest BCUT2D eigenvalue weighted by atomic mass is 9.63. The molecule has 168 valence electrons. The molecular formula is C26H23F3N4. The first kappa shape index (κ1) is 20.3. The van der Waals surface area contributed by atoms with Crippen molar-refractivity contribution >= 4 is 22.5 Å². The van der Waals surface area contributed by atoms with Gasteiger partial charge in [-0.25, -0.2) is 9.97 Å². The molecule has 1 aliphatic carbocycles. The largest absolute Gasteiger partial charge is 0.417 e. The maximum atomic E-state index is 13.1. The molecule has 2 aliphatic rings. The molecule has 0 atom stereocenters. The number of alkyl halides is 3. The fourth-order valence-corrected chi connectivity index (χ4v) is 5.25. The van der Waals surface area contributed by atoms with Gasteiger partial charge in [0.15, 0.2) is 5.65 Å². The number of H-pyrrole nitrogens is 1. The van der Waals surface area contributed by atoms with E-state index in [0.717, 1.165) is 50.9 Å². The van der Waals surface area contributed by atoms with Crippen LogP contribution in [0.15, 0.2) is 60.8 Å². The number of aryl methyl sites for hydroxylation is 1. The van der Waals surface area contributed by atoms with E-state index in [0.29, 0.717) is 17.0 Å². The monoisotopic (exact) mass is 448 g/mol. The number of nitrogens with zero attached hydrogens (tertiary/aromatic N) is 3. The summed E-state index contributed by atoms with van der Waals surface area (Å²) < 4.78 is 39.4. The Morgan fingerprint density at radius 1 is 0.970 bits per heavy atom. The zero-order chi connectivity index (χ0) is 22.6. The number of imidazole rings is 1. The highest BCUT2D eigenvalue weighted by molar-refractivity contribution is 5.72. The molecule has 7 heteroatoms. The molecule has 2 aromatic carbocycles. The van der Waals surface area contributed by atoms with Crippen LogP contribution < -0.4 is 4.90 Å². The van der Waals surface area contributed by atoms with E-state index in [1.807, 2.05) is 6.07 Å². The topological polar surface area (TPSA) is 44.8 Å². The van der Waals surface area contributed by atoms with Crippen molar-refractivity contribution in [3.05, 3.63) is 83.3 Å². The van der Waals surface area contributed by atoms with Crippen molar-refractivity contribution in [2.24, 2.45) is 0 Å². The van der Waals surface area contributed by atoms with Gasteiger partial charge >= 0.3 is 6.18 Å². The van der Waals surface area contributed by atoms with Crippen LogP contribution in [0.2, 0.25) is 0 Å². The highest BCUT2D eigenvalue weighted by Crippen LogP contribution is 2.49. The fraction of sp³-hybridized carbons (Fsp3) is 0.308. The first-order valence-electron chi connectivity index (χ1n) is 11.3. The first-order chi connectivity index (χ1) is 15.9. The van der Waals surface area contributed by atoms with Crippen molar-refractivity contribution in [2.45, 2.75) is 43.7 Å². The number of para-hydroxylation sites is 1. The Hall–Kier alpha value is -3.35. The molecule has 0 saturated heterocycles.